The summed E-state index contributed by atoms with van der Waals surface area (Å²) in [6, 6.07) is 8.54. The molecule has 0 saturated carbocycles. The van der Waals surface area contributed by atoms with Crippen molar-refractivity contribution >= 4 is 35.1 Å². The van der Waals surface area contributed by atoms with Crippen molar-refractivity contribution in [1.82, 2.24) is 14.9 Å². The fourth-order valence-electron chi connectivity index (χ4n) is 2.74. The van der Waals surface area contributed by atoms with E-state index in [4.69, 9.17) is 16.3 Å². The molecule has 2 amide bonds. The fourth-order valence-corrected chi connectivity index (χ4v) is 2.93. The summed E-state index contributed by atoms with van der Waals surface area (Å²) in [6.07, 6.45) is 1.06. The van der Waals surface area contributed by atoms with Crippen LogP contribution in [0.5, 0.6) is 0 Å². The summed E-state index contributed by atoms with van der Waals surface area (Å²) in [5.41, 5.74) is 0.850. The molecule has 1 aliphatic rings. The van der Waals surface area contributed by atoms with E-state index >= 15 is 0 Å². The van der Waals surface area contributed by atoms with Crippen LogP contribution in [0.15, 0.2) is 36.7 Å². The highest BCUT2D eigenvalue weighted by Gasteiger charge is 2.23. The predicted molar refractivity (Wildman–Crippen MR) is 102 cm³/mol. The highest BCUT2D eigenvalue weighted by atomic mass is 35.5. The summed E-state index contributed by atoms with van der Waals surface area (Å²) in [6.45, 7) is 4.41. The maximum absolute atomic E-state index is 12.4. The van der Waals surface area contributed by atoms with Crippen molar-refractivity contribution in [3.8, 4) is 0 Å². The molecule has 27 heavy (non-hydrogen) atoms. The molecule has 0 atom stereocenters. The van der Waals surface area contributed by atoms with E-state index in [0.29, 0.717) is 49.3 Å². The van der Waals surface area contributed by atoms with Crippen molar-refractivity contribution in [2.24, 2.45) is 0 Å². The third kappa shape index (κ3) is 4.85. The van der Waals surface area contributed by atoms with Gasteiger partial charge in [0.1, 0.15) is 17.8 Å². The number of hydrogen-bond acceptors (Lipinski definition) is 6. The average Bonchev–Trinajstić information content (AvgIpc) is 2.68. The molecular weight excluding hydrogens is 370 g/mol. The molecule has 0 spiro atoms. The number of nitrogens with zero attached hydrogens (tertiary/aromatic N) is 4. The van der Waals surface area contributed by atoms with Gasteiger partial charge in [0, 0.05) is 43.0 Å². The van der Waals surface area contributed by atoms with E-state index in [1.54, 1.807) is 42.2 Å². The summed E-state index contributed by atoms with van der Waals surface area (Å²) in [7, 11) is 0. The normalized spacial score (nSPS) is 14.0. The van der Waals surface area contributed by atoms with E-state index in [1.807, 2.05) is 4.90 Å². The highest BCUT2D eigenvalue weighted by Crippen LogP contribution is 2.18. The van der Waals surface area contributed by atoms with Gasteiger partial charge in [0.25, 0.3) is 5.91 Å². The molecule has 3 rings (SSSR count). The second kappa shape index (κ2) is 8.68. The molecule has 2 heterocycles. The second-order valence-corrected chi connectivity index (χ2v) is 6.34. The van der Waals surface area contributed by atoms with Crippen LogP contribution in [0.4, 0.5) is 16.3 Å². The van der Waals surface area contributed by atoms with Crippen molar-refractivity contribution in [3.05, 3.63) is 47.4 Å². The van der Waals surface area contributed by atoms with E-state index in [2.05, 4.69) is 15.3 Å². The van der Waals surface area contributed by atoms with Crippen LogP contribution in [0.25, 0.3) is 0 Å². The SMILES string of the molecule is CCOC(=O)N1CCN(c2cc(C(=O)Nc3cccc(Cl)c3)ncn2)CC1. The standard InChI is InChI=1S/C18H20ClN5O3/c1-2-27-18(26)24-8-6-23(7-9-24)16-11-15(20-12-21-16)17(25)22-14-5-3-4-13(19)10-14/h3-5,10-12H,2,6-9H2,1H3,(H,22,25). The molecule has 2 aromatic rings. The number of benzene rings is 1. The van der Waals surface area contributed by atoms with E-state index in [1.165, 1.54) is 6.33 Å². The number of rotatable bonds is 4. The number of aromatic nitrogens is 2. The Morgan fingerprint density at radius 2 is 1.96 bits per heavy atom. The van der Waals surface area contributed by atoms with Crippen LogP contribution < -0.4 is 10.2 Å². The second-order valence-electron chi connectivity index (χ2n) is 5.90. The Balaban J connectivity index is 1.64. The number of piperazine rings is 1. The summed E-state index contributed by atoms with van der Waals surface area (Å²) >= 11 is 5.93. The molecule has 0 aliphatic carbocycles. The van der Waals surface area contributed by atoms with Crippen molar-refractivity contribution < 1.29 is 14.3 Å². The zero-order chi connectivity index (χ0) is 19.2. The number of halogens is 1. The number of nitrogens with one attached hydrogen (secondary N) is 1. The monoisotopic (exact) mass is 389 g/mol. The lowest BCUT2D eigenvalue weighted by atomic mass is 10.2. The Morgan fingerprint density at radius 3 is 2.67 bits per heavy atom. The molecule has 1 saturated heterocycles. The number of carbonyl (C=O) groups is 2. The first-order valence-corrected chi connectivity index (χ1v) is 9.00. The van der Waals surface area contributed by atoms with Gasteiger partial charge < -0.3 is 19.9 Å². The number of amides is 2. The lowest BCUT2D eigenvalue weighted by Crippen LogP contribution is -2.49. The summed E-state index contributed by atoms with van der Waals surface area (Å²) in [5.74, 6) is 0.302. The average molecular weight is 390 g/mol. The van der Waals surface area contributed by atoms with Crippen LogP contribution in [0, 0.1) is 0 Å². The van der Waals surface area contributed by atoms with Gasteiger partial charge in [-0.2, -0.15) is 0 Å². The zero-order valence-electron chi connectivity index (χ0n) is 14.9. The minimum atomic E-state index is -0.342. The molecule has 1 aliphatic heterocycles. The first-order valence-electron chi connectivity index (χ1n) is 8.62. The van der Waals surface area contributed by atoms with Gasteiger partial charge in [-0.15, -0.1) is 0 Å². The topological polar surface area (TPSA) is 87.7 Å². The molecule has 0 radical (unpaired) electrons. The maximum atomic E-state index is 12.4. The third-order valence-electron chi connectivity index (χ3n) is 4.10. The Bertz CT molecular complexity index is 824. The number of hydrogen-bond donors (Lipinski definition) is 1. The Labute approximate surface area is 162 Å². The molecule has 8 nitrogen and oxygen atoms in total. The van der Waals surface area contributed by atoms with Crippen LogP contribution in [0.2, 0.25) is 5.02 Å². The quantitative estimate of drug-likeness (QED) is 0.864. The summed E-state index contributed by atoms with van der Waals surface area (Å²) < 4.78 is 5.02. The fraction of sp³-hybridized carbons (Fsp3) is 0.333. The maximum Gasteiger partial charge on any atom is 0.409 e. The first-order chi connectivity index (χ1) is 13.1. The molecule has 1 fully saturated rings. The molecule has 1 aromatic carbocycles. The smallest absolute Gasteiger partial charge is 0.409 e. The van der Waals surface area contributed by atoms with Crippen LogP contribution in [0.1, 0.15) is 17.4 Å². The Morgan fingerprint density at radius 1 is 1.19 bits per heavy atom. The molecule has 0 unspecified atom stereocenters. The van der Waals surface area contributed by atoms with Crippen molar-refractivity contribution in [3.63, 3.8) is 0 Å². The van der Waals surface area contributed by atoms with Gasteiger partial charge >= 0.3 is 6.09 Å². The molecule has 0 bridgehead atoms. The molecular formula is C18H20ClN5O3. The van der Waals surface area contributed by atoms with Crippen LogP contribution >= 0.6 is 11.6 Å². The van der Waals surface area contributed by atoms with Gasteiger partial charge in [-0.25, -0.2) is 14.8 Å². The predicted octanol–water partition coefficient (Wildman–Crippen LogP) is 2.66. The first kappa shape index (κ1) is 18.9. The van der Waals surface area contributed by atoms with Crippen molar-refractivity contribution in [1.29, 1.82) is 0 Å². The van der Waals surface area contributed by atoms with Gasteiger partial charge in [0.05, 0.1) is 6.61 Å². The van der Waals surface area contributed by atoms with Gasteiger partial charge in [-0.1, -0.05) is 17.7 Å². The van der Waals surface area contributed by atoms with Crippen LogP contribution in [-0.4, -0.2) is 59.7 Å². The van der Waals surface area contributed by atoms with Gasteiger partial charge in [-0.3, -0.25) is 4.79 Å². The molecule has 1 aromatic heterocycles. The lowest BCUT2D eigenvalue weighted by molar-refractivity contribution is 0.102. The van der Waals surface area contributed by atoms with Crippen molar-refractivity contribution in [2.45, 2.75) is 6.92 Å². The van der Waals surface area contributed by atoms with E-state index in [9.17, 15) is 9.59 Å². The molecule has 1 N–H and O–H groups in total. The number of ether oxygens (including phenoxy) is 1. The molecule has 9 heteroatoms. The van der Waals surface area contributed by atoms with E-state index < -0.39 is 0 Å². The Hall–Kier alpha value is -2.87. The summed E-state index contributed by atoms with van der Waals surface area (Å²) in [5, 5.41) is 3.30. The largest absolute Gasteiger partial charge is 0.450 e. The van der Waals surface area contributed by atoms with Crippen LogP contribution in [-0.2, 0) is 4.74 Å². The summed E-state index contributed by atoms with van der Waals surface area (Å²) in [4.78, 5) is 36.2. The minimum Gasteiger partial charge on any atom is -0.450 e. The highest BCUT2D eigenvalue weighted by molar-refractivity contribution is 6.30. The molecule has 142 valence electrons. The van der Waals surface area contributed by atoms with Gasteiger partial charge in [-0.05, 0) is 25.1 Å². The van der Waals surface area contributed by atoms with Gasteiger partial charge in [0.15, 0.2) is 0 Å². The minimum absolute atomic E-state index is 0.257. The van der Waals surface area contributed by atoms with E-state index in [-0.39, 0.29) is 17.7 Å². The van der Waals surface area contributed by atoms with Gasteiger partial charge in [0.2, 0.25) is 0 Å². The van der Waals surface area contributed by atoms with Crippen LogP contribution in [0.3, 0.4) is 0 Å². The Kier molecular flexibility index (Phi) is 6.08. The van der Waals surface area contributed by atoms with Crippen molar-refractivity contribution in [2.75, 3.05) is 43.0 Å². The number of carbonyl (C=O) groups excluding carboxylic acids is 2. The van der Waals surface area contributed by atoms with E-state index in [0.717, 1.165) is 0 Å². The number of anilines is 2. The lowest BCUT2D eigenvalue weighted by Gasteiger charge is -2.34. The third-order valence-corrected chi connectivity index (χ3v) is 4.33. The zero-order valence-corrected chi connectivity index (χ0v) is 15.6.